The molecule has 1 atom stereocenters. The van der Waals surface area contributed by atoms with E-state index in [2.05, 4.69) is 13.0 Å². The molecule has 1 unspecified atom stereocenters. The first kappa shape index (κ1) is 14.9. The highest BCUT2D eigenvalue weighted by Gasteiger charge is 2.36. The fraction of sp³-hybridized carbons (Fsp3) is 0.562. The van der Waals surface area contributed by atoms with Crippen molar-refractivity contribution in [3.63, 3.8) is 0 Å². The Morgan fingerprint density at radius 1 is 1.45 bits per heavy atom. The van der Waals surface area contributed by atoms with Crippen molar-refractivity contribution in [3.05, 3.63) is 29.8 Å². The predicted molar refractivity (Wildman–Crippen MR) is 77.7 cm³/mol. The molecule has 0 spiro atoms. The van der Waals surface area contributed by atoms with E-state index in [1.807, 2.05) is 32.0 Å². The van der Waals surface area contributed by atoms with Gasteiger partial charge in [0.25, 0.3) is 5.91 Å². The number of rotatable bonds is 5. The second kappa shape index (κ2) is 6.27. The minimum Gasteiger partial charge on any atom is -0.487 e. The number of aryl methyl sites for hydroxylation is 1. The Morgan fingerprint density at radius 3 is 2.75 bits per heavy atom. The quantitative estimate of drug-likeness (QED) is 0.893. The van der Waals surface area contributed by atoms with Crippen molar-refractivity contribution in [1.82, 2.24) is 4.90 Å². The number of aliphatic hydroxyl groups excluding tert-OH is 1. The number of benzene rings is 1. The van der Waals surface area contributed by atoms with Crippen LogP contribution in [0.15, 0.2) is 24.3 Å². The zero-order valence-corrected chi connectivity index (χ0v) is 12.4. The molecular formula is C16H23NO3. The average Bonchev–Trinajstić information content (AvgIpc) is 2.41. The van der Waals surface area contributed by atoms with Crippen molar-refractivity contribution in [2.24, 2.45) is 5.92 Å². The molecule has 1 aromatic rings. The molecule has 1 N–H and O–H groups in total. The van der Waals surface area contributed by atoms with Gasteiger partial charge >= 0.3 is 0 Å². The first-order chi connectivity index (χ1) is 9.51. The second-order valence-electron chi connectivity index (χ2n) is 5.67. The molecule has 4 heteroatoms. The largest absolute Gasteiger partial charge is 0.487 e. The fourth-order valence-electron chi connectivity index (χ4n) is 2.20. The van der Waals surface area contributed by atoms with E-state index in [9.17, 15) is 9.90 Å². The standard InChI is InChI=1S/C16H23NO3/c1-4-12-6-5-7-13(8-12)20-14-9-17(10-14)16(19)15(18)11(2)3/h5-8,11,14-15,18H,4,9-10H2,1-3H3. The van der Waals surface area contributed by atoms with Crippen LogP contribution in [-0.2, 0) is 11.2 Å². The van der Waals surface area contributed by atoms with Crippen molar-refractivity contribution in [2.45, 2.75) is 39.4 Å². The van der Waals surface area contributed by atoms with E-state index < -0.39 is 6.10 Å². The lowest BCUT2D eigenvalue weighted by atomic mass is 10.0. The van der Waals surface area contributed by atoms with Crippen LogP contribution in [-0.4, -0.2) is 41.2 Å². The minimum atomic E-state index is -0.903. The zero-order valence-electron chi connectivity index (χ0n) is 12.4. The summed E-state index contributed by atoms with van der Waals surface area (Å²) in [6.07, 6.45) is 0.109. The van der Waals surface area contributed by atoms with E-state index >= 15 is 0 Å². The SMILES string of the molecule is CCc1cccc(OC2CN(C(=O)C(O)C(C)C)C2)c1. The van der Waals surface area contributed by atoms with Crippen LogP contribution >= 0.6 is 0 Å². The van der Waals surface area contributed by atoms with Crippen molar-refractivity contribution in [3.8, 4) is 5.75 Å². The number of hydrogen-bond acceptors (Lipinski definition) is 3. The van der Waals surface area contributed by atoms with Crippen molar-refractivity contribution in [1.29, 1.82) is 0 Å². The first-order valence-electron chi connectivity index (χ1n) is 7.23. The molecule has 0 bridgehead atoms. The summed E-state index contributed by atoms with van der Waals surface area (Å²) in [5.74, 6) is 0.608. The third-order valence-corrected chi connectivity index (χ3v) is 3.65. The summed E-state index contributed by atoms with van der Waals surface area (Å²) in [5.41, 5.74) is 1.24. The molecule has 1 amide bonds. The lowest BCUT2D eigenvalue weighted by Gasteiger charge is -2.40. The van der Waals surface area contributed by atoms with Crippen LogP contribution in [0.2, 0.25) is 0 Å². The van der Waals surface area contributed by atoms with Gasteiger partial charge in [0.1, 0.15) is 18.0 Å². The van der Waals surface area contributed by atoms with Gasteiger partial charge in [0.15, 0.2) is 0 Å². The van der Waals surface area contributed by atoms with Gasteiger partial charge in [0.2, 0.25) is 0 Å². The van der Waals surface area contributed by atoms with Crippen LogP contribution in [0.1, 0.15) is 26.3 Å². The smallest absolute Gasteiger partial charge is 0.251 e. The zero-order chi connectivity index (χ0) is 14.7. The maximum atomic E-state index is 11.9. The molecule has 0 radical (unpaired) electrons. The van der Waals surface area contributed by atoms with Crippen LogP contribution in [0.4, 0.5) is 0 Å². The number of carbonyl (C=O) groups excluding carboxylic acids is 1. The van der Waals surface area contributed by atoms with E-state index in [0.717, 1.165) is 12.2 Å². The Balaban J connectivity index is 1.83. The topological polar surface area (TPSA) is 49.8 Å². The lowest BCUT2D eigenvalue weighted by Crippen LogP contribution is -2.59. The molecule has 20 heavy (non-hydrogen) atoms. The van der Waals surface area contributed by atoms with E-state index in [4.69, 9.17) is 4.74 Å². The number of aliphatic hydroxyl groups is 1. The molecule has 1 aliphatic heterocycles. The third-order valence-electron chi connectivity index (χ3n) is 3.65. The molecular weight excluding hydrogens is 254 g/mol. The maximum Gasteiger partial charge on any atom is 0.251 e. The molecule has 0 saturated carbocycles. The third kappa shape index (κ3) is 3.31. The summed E-state index contributed by atoms with van der Waals surface area (Å²) in [6.45, 7) is 6.90. The highest BCUT2D eigenvalue weighted by Crippen LogP contribution is 2.21. The van der Waals surface area contributed by atoms with Crippen LogP contribution in [0, 0.1) is 5.92 Å². The van der Waals surface area contributed by atoms with Crippen LogP contribution in [0.3, 0.4) is 0 Å². The lowest BCUT2D eigenvalue weighted by molar-refractivity contribution is -0.151. The van der Waals surface area contributed by atoms with Gasteiger partial charge < -0.3 is 14.7 Å². The first-order valence-corrected chi connectivity index (χ1v) is 7.23. The van der Waals surface area contributed by atoms with Gasteiger partial charge in [-0.05, 0) is 30.0 Å². The number of hydrogen-bond donors (Lipinski definition) is 1. The molecule has 4 nitrogen and oxygen atoms in total. The van der Waals surface area contributed by atoms with Crippen molar-refractivity contribution >= 4 is 5.91 Å². The van der Waals surface area contributed by atoms with E-state index in [1.54, 1.807) is 4.90 Å². The Bertz CT molecular complexity index is 467. The van der Waals surface area contributed by atoms with Gasteiger partial charge in [-0.3, -0.25) is 4.79 Å². The Kier molecular flexibility index (Phi) is 4.65. The van der Waals surface area contributed by atoms with Gasteiger partial charge in [-0.1, -0.05) is 32.9 Å². The van der Waals surface area contributed by atoms with E-state index in [-0.39, 0.29) is 17.9 Å². The highest BCUT2D eigenvalue weighted by molar-refractivity contribution is 5.81. The molecule has 110 valence electrons. The van der Waals surface area contributed by atoms with Gasteiger partial charge in [-0.2, -0.15) is 0 Å². The number of likely N-dealkylation sites (tertiary alicyclic amines) is 1. The molecule has 1 aromatic carbocycles. The monoisotopic (exact) mass is 277 g/mol. The normalized spacial score (nSPS) is 16.9. The molecule has 1 aliphatic rings. The van der Waals surface area contributed by atoms with Gasteiger partial charge in [-0.25, -0.2) is 0 Å². The van der Waals surface area contributed by atoms with Crippen LogP contribution in [0.25, 0.3) is 0 Å². The summed E-state index contributed by atoms with van der Waals surface area (Å²) >= 11 is 0. The van der Waals surface area contributed by atoms with E-state index in [0.29, 0.717) is 13.1 Å². The van der Waals surface area contributed by atoms with Crippen molar-refractivity contribution < 1.29 is 14.6 Å². The van der Waals surface area contributed by atoms with Crippen molar-refractivity contribution in [2.75, 3.05) is 13.1 Å². The van der Waals surface area contributed by atoms with Crippen LogP contribution in [0.5, 0.6) is 5.75 Å². The number of amides is 1. The van der Waals surface area contributed by atoms with Crippen LogP contribution < -0.4 is 4.74 Å². The van der Waals surface area contributed by atoms with Gasteiger partial charge in [-0.15, -0.1) is 0 Å². The number of ether oxygens (including phenoxy) is 1. The summed E-state index contributed by atoms with van der Waals surface area (Å²) < 4.78 is 5.84. The fourth-order valence-corrected chi connectivity index (χ4v) is 2.20. The second-order valence-corrected chi connectivity index (χ2v) is 5.67. The Morgan fingerprint density at radius 2 is 2.15 bits per heavy atom. The summed E-state index contributed by atoms with van der Waals surface area (Å²) in [7, 11) is 0. The predicted octanol–water partition coefficient (Wildman–Crippen LogP) is 1.86. The Hall–Kier alpha value is -1.55. The average molecular weight is 277 g/mol. The summed E-state index contributed by atoms with van der Waals surface area (Å²) in [4.78, 5) is 13.5. The molecule has 0 aliphatic carbocycles. The Labute approximate surface area is 120 Å². The van der Waals surface area contributed by atoms with Gasteiger partial charge in [0, 0.05) is 0 Å². The summed E-state index contributed by atoms with van der Waals surface area (Å²) in [6, 6.07) is 8.03. The maximum absolute atomic E-state index is 11.9. The summed E-state index contributed by atoms with van der Waals surface area (Å²) in [5, 5.41) is 9.74. The molecule has 2 rings (SSSR count). The highest BCUT2D eigenvalue weighted by atomic mass is 16.5. The molecule has 1 heterocycles. The van der Waals surface area contributed by atoms with E-state index in [1.165, 1.54) is 5.56 Å². The van der Waals surface area contributed by atoms with Gasteiger partial charge in [0.05, 0.1) is 13.1 Å². The number of carbonyl (C=O) groups is 1. The number of nitrogens with zero attached hydrogens (tertiary/aromatic N) is 1. The molecule has 0 aromatic heterocycles. The molecule has 1 saturated heterocycles. The minimum absolute atomic E-state index is 0.0328. The molecule has 1 fully saturated rings.